The monoisotopic (exact) mass is 248 g/mol. The number of amides is 1. The molecule has 98 valence electrons. The summed E-state index contributed by atoms with van der Waals surface area (Å²) in [4.78, 5) is 17.4. The van der Waals surface area contributed by atoms with E-state index in [-0.39, 0.29) is 5.91 Å². The van der Waals surface area contributed by atoms with Gasteiger partial charge in [0, 0.05) is 38.8 Å². The molecule has 1 saturated heterocycles. The van der Waals surface area contributed by atoms with Gasteiger partial charge < -0.3 is 16.0 Å². The Bertz CT molecular complexity index is 413. The fourth-order valence-corrected chi connectivity index (χ4v) is 2.23. The zero-order valence-corrected chi connectivity index (χ0v) is 10.7. The molecule has 0 aliphatic carbocycles. The Morgan fingerprint density at radius 2 is 2.28 bits per heavy atom. The lowest BCUT2D eigenvalue weighted by Gasteiger charge is -2.32. The van der Waals surface area contributed by atoms with Gasteiger partial charge in [-0.05, 0) is 30.5 Å². The van der Waals surface area contributed by atoms with Gasteiger partial charge in [-0.3, -0.25) is 4.79 Å². The van der Waals surface area contributed by atoms with Crippen molar-refractivity contribution in [2.45, 2.75) is 32.4 Å². The number of aromatic nitrogens is 1. The van der Waals surface area contributed by atoms with Crippen molar-refractivity contribution in [3.63, 3.8) is 0 Å². The third kappa shape index (κ3) is 3.20. The number of nitrogens with one attached hydrogen (secondary N) is 1. The van der Waals surface area contributed by atoms with Crippen LogP contribution in [0.15, 0.2) is 18.3 Å². The van der Waals surface area contributed by atoms with Gasteiger partial charge in [0.2, 0.25) is 5.91 Å². The zero-order valence-electron chi connectivity index (χ0n) is 10.7. The molecule has 1 aliphatic rings. The average Bonchev–Trinajstić information content (AvgIpc) is 2.39. The van der Waals surface area contributed by atoms with E-state index in [1.807, 2.05) is 17.0 Å². The highest BCUT2D eigenvalue weighted by Crippen LogP contribution is 2.15. The first-order valence-electron chi connectivity index (χ1n) is 6.36. The average molecular weight is 248 g/mol. The summed E-state index contributed by atoms with van der Waals surface area (Å²) >= 11 is 0. The number of carbonyl (C=O) groups excluding carboxylic acids is 1. The van der Waals surface area contributed by atoms with Crippen molar-refractivity contribution >= 4 is 11.7 Å². The van der Waals surface area contributed by atoms with E-state index < -0.39 is 0 Å². The summed E-state index contributed by atoms with van der Waals surface area (Å²) in [7, 11) is 0. The summed E-state index contributed by atoms with van der Waals surface area (Å²) in [6, 6.07) is 4.29. The molecule has 18 heavy (non-hydrogen) atoms. The quantitative estimate of drug-likeness (QED) is 0.836. The van der Waals surface area contributed by atoms with Crippen LogP contribution in [0.2, 0.25) is 0 Å². The van der Waals surface area contributed by atoms with Crippen molar-refractivity contribution in [3.05, 3.63) is 23.9 Å². The van der Waals surface area contributed by atoms with Crippen LogP contribution in [-0.4, -0.2) is 34.9 Å². The van der Waals surface area contributed by atoms with E-state index in [0.29, 0.717) is 12.6 Å². The Kier molecular flexibility index (Phi) is 4.15. The van der Waals surface area contributed by atoms with Crippen molar-refractivity contribution in [2.24, 2.45) is 5.73 Å². The zero-order chi connectivity index (χ0) is 13.0. The molecule has 1 aromatic rings. The van der Waals surface area contributed by atoms with Crippen LogP contribution in [0.5, 0.6) is 0 Å². The SMILES string of the molecule is CC(=O)N1CCC(Nc2cc(CN)ccn2)CC1. The molecular weight excluding hydrogens is 228 g/mol. The minimum atomic E-state index is 0.164. The molecule has 1 amide bonds. The van der Waals surface area contributed by atoms with Gasteiger partial charge in [0.15, 0.2) is 0 Å². The van der Waals surface area contributed by atoms with Crippen LogP contribution in [0.1, 0.15) is 25.3 Å². The summed E-state index contributed by atoms with van der Waals surface area (Å²) in [5.74, 6) is 1.04. The number of hydrogen-bond acceptors (Lipinski definition) is 4. The van der Waals surface area contributed by atoms with E-state index in [9.17, 15) is 4.79 Å². The van der Waals surface area contributed by atoms with Crippen LogP contribution in [0.4, 0.5) is 5.82 Å². The van der Waals surface area contributed by atoms with Gasteiger partial charge in [0.25, 0.3) is 0 Å². The highest BCUT2D eigenvalue weighted by molar-refractivity contribution is 5.73. The van der Waals surface area contributed by atoms with E-state index in [1.165, 1.54) is 0 Å². The van der Waals surface area contributed by atoms with Crippen LogP contribution in [-0.2, 0) is 11.3 Å². The molecule has 0 radical (unpaired) electrons. The lowest BCUT2D eigenvalue weighted by molar-refractivity contribution is -0.129. The third-order valence-electron chi connectivity index (χ3n) is 3.35. The van der Waals surface area contributed by atoms with Crippen molar-refractivity contribution in [1.29, 1.82) is 0 Å². The first-order chi connectivity index (χ1) is 8.69. The smallest absolute Gasteiger partial charge is 0.219 e. The largest absolute Gasteiger partial charge is 0.367 e. The number of nitrogens with two attached hydrogens (primary N) is 1. The molecule has 0 saturated carbocycles. The minimum absolute atomic E-state index is 0.164. The first kappa shape index (κ1) is 12.8. The first-order valence-corrected chi connectivity index (χ1v) is 6.36. The Morgan fingerprint density at radius 3 is 2.89 bits per heavy atom. The molecule has 1 aliphatic heterocycles. The van der Waals surface area contributed by atoms with Gasteiger partial charge in [-0.25, -0.2) is 4.98 Å². The Hall–Kier alpha value is -1.62. The maximum absolute atomic E-state index is 11.2. The van der Waals surface area contributed by atoms with Crippen molar-refractivity contribution in [2.75, 3.05) is 18.4 Å². The fraction of sp³-hybridized carbons (Fsp3) is 0.538. The molecule has 3 N–H and O–H groups in total. The van der Waals surface area contributed by atoms with Gasteiger partial charge in [-0.1, -0.05) is 0 Å². The summed E-state index contributed by atoms with van der Waals surface area (Å²) < 4.78 is 0. The molecule has 2 rings (SSSR count). The molecule has 0 atom stereocenters. The number of piperidine rings is 1. The second-order valence-corrected chi connectivity index (χ2v) is 4.68. The number of carbonyl (C=O) groups is 1. The number of rotatable bonds is 3. The van der Waals surface area contributed by atoms with Crippen LogP contribution in [0.3, 0.4) is 0 Å². The summed E-state index contributed by atoms with van der Waals surface area (Å²) in [6.45, 7) is 3.80. The molecule has 1 fully saturated rings. The van der Waals surface area contributed by atoms with Gasteiger partial charge in [0.05, 0.1) is 0 Å². The number of hydrogen-bond donors (Lipinski definition) is 2. The maximum atomic E-state index is 11.2. The van der Waals surface area contributed by atoms with E-state index in [0.717, 1.165) is 37.3 Å². The Labute approximate surface area is 107 Å². The molecule has 5 nitrogen and oxygen atoms in total. The van der Waals surface area contributed by atoms with Crippen LogP contribution < -0.4 is 11.1 Å². The van der Waals surface area contributed by atoms with Crippen molar-refractivity contribution < 1.29 is 4.79 Å². The van der Waals surface area contributed by atoms with E-state index in [4.69, 9.17) is 5.73 Å². The highest BCUT2D eigenvalue weighted by Gasteiger charge is 2.20. The number of nitrogens with zero attached hydrogens (tertiary/aromatic N) is 2. The van der Waals surface area contributed by atoms with Gasteiger partial charge in [-0.15, -0.1) is 0 Å². The van der Waals surface area contributed by atoms with Crippen LogP contribution in [0.25, 0.3) is 0 Å². The number of likely N-dealkylation sites (tertiary alicyclic amines) is 1. The van der Waals surface area contributed by atoms with Crippen LogP contribution >= 0.6 is 0 Å². The Morgan fingerprint density at radius 1 is 1.56 bits per heavy atom. The second kappa shape index (κ2) is 5.82. The van der Waals surface area contributed by atoms with E-state index >= 15 is 0 Å². The standard InChI is InChI=1S/C13H20N4O/c1-10(18)17-6-3-12(4-7-17)16-13-8-11(9-14)2-5-15-13/h2,5,8,12H,3-4,6-7,9,14H2,1H3,(H,15,16). The molecule has 0 bridgehead atoms. The summed E-state index contributed by atoms with van der Waals surface area (Å²) in [5, 5.41) is 3.41. The highest BCUT2D eigenvalue weighted by atomic mass is 16.2. The third-order valence-corrected chi connectivity index (χ3v) is 3.35. The van der Waals surface area contributed by atoms with E-state index in [1.54, 1.807) is 13.1 Å². The maximum Gasteiger partial charge on any atom is 0.219 e. The molecule has 0 unspecified atom stereocenters. The fourth-order valence-electron chi connectivity index (χ4n) is 2.23. The van der Waals surface area contributed by atoms with Crippen LogP contribution in [0, 0.1) is 0 Å². The lowest BCUT2D eigenvalue weighted by atomic mass is 10.0. The van der Waals surface area contributed by atoms with Gasteiger partial charge in [-0.2, -0.15) is 0 Å². The topological polar surface area (TPSA) is 71.2 Å². The van der Waals surface area contributed by atoms with Gasteiger partial charge in [0.1, 0.15) is 5.82 Å². The number of anilines is 1. The molecule has 0 aromatic carbocycles. The normalized spacial score (nSPS) is 16.7. The molecule has 1 aromatic heterocycles. The lowest BCUT2D eigenvalue weighted by Crippen LogP contribution is -2.41. The molecule has 2 heterocycles. The Balaban J connectivity index is 1.89. The predicted octanol–water partition coefficient (Wildman–Crippen LogP) is 0.963. The van der Waals surface area contributed by atoms with Crippen molar-refractivity contribution in [3.8, 4) is 0 Å². The van der Waals surface area contributed by atoms with Crippen molar-refractivity contribution in [1.82, 2.24) is 9.88 Å². The molecule has 5 heteroatoms. The second-order valence-electron chi connectivity index (χ2n) is 4.68. The minimum Gasteiger partial charge on any atom is -0.367 e. The van der Waals surface area contributed by atoms with E-state index in [2.05, 4.69) is 10.3 Å². The molecule has 0 spiro atoms. The summed E-state index contributed by atoms with van der Waals surface area (Å²) in [6.07, 6.45) is 3.71. The number of pyridine rings is 1. The predicted molar refractivity (Wildman–Crippen MR) is 71.0 cm³/mol. The van der Waals surface area contributed by atoms with Gasteiger partial charge >= 0.3 is 0 Å². The molecular formula is C13H20N4O. The summed E-state index contributed by atoms with van der Waals surface area (Å²) in [5.41, 5.74) is 6.68.